The van der Waals surface area contributed by atoms with Crippen LogP contribution in [-0.2, 0) is 0 Å². The van der Waals surface area contributed by atoms with Crippen LogP contribution in [0.1, 0.15) is 19.5 Å². The molecule has 2 rings (SSSR count). The number of anilines is 1. The highest BCUT2D eigenvalue weighted by Crippen LogP contribution is 2.27. The highest BCUT2D eigenvalue weighted by atomic mass is 19.1. The van der Waals surface area contributed by atoms with Crippen LogP contribution in [0.5, 0.6) is 5.75 Å². The van der Waals surface area contributed by atoms with Gasteiger partial charge in [0.05, 0.1) is 18.5 Å². The van der Waals surface area contributed by atoms with Gasteiger partial charge in [-0.05, 0) is 25.0 Å². The molecule has 5 heteroatoms. The van der Waals surface area contributed by atoms with Crippen molar-refractivity contribution in [3.63, 3.8) is 0 Å². The normalized spacial score (nSPS) is 10.9. The van der Waals surface area contributed by atoms with E-state index in [1.54, 1.807) is 6.07 Å². The first-order valence-corrected chi connectivity index (χ1v) is 6.65. The maximum Gasteiger partial charge on any atom is 0.207 e. The summed E-state index contributed by atoms with van der Waals surface area (Å²) in [5.74, 6) is 1.41. The fraction of sp³-hybridized carbons (Fsp3) is 0.400. The molecule has 0 bridgehead atoms. The number of nitrogens with one attached hydrogen (secondary N) is 1. The molecule has 0 saturated carbocycles. The topological polar surface area (TPSA) is 39.1 Å². The molecule has 2 aromatic rings. The molecule has 0 aliphatic carbocycles. The molecule has 0 atom stereocenters. The van der Waals surface area contributed by atoms with Crippen molar-refractivity contribution in [1.82, 2.24) is 9.55 Å². The van der Waals surface area contributed by atoms with Crippen molar-refractivity contribution in [3.05, 3.63) is 35.9 Å². The van der Waals surface area contributed by atoms with Gasteiger partial charge < -0.3 is 10.1 Å². The number of rotatable bonds is 5. The van der Waals surface area contributed by atoms with Crippen LogP contribution < -0.4 is 10.1 Å². The number of imidazole rings is 1. The van der Waals surface area contributed by atoms with E-state index in [9.17, 15) is 4.39 Å². The predicted octanol–water partition coefficient (Wildman–Crippen LogP) is 3.40. The number of methoxy groups -OCH3 is 1. The Morgan fingerprint density at radius 3 is 2.80 bits per heavy atom. The number of benzene rings is 1. The molecule has 0 radical (unpaired) electrons. The zero-order chi connectivity index (χ0) is 14.7. The molecule has 0 spiro atoms. The lowest BCUT2D eigenvalue weighted by atomic mass is 10.2. The molecule has 0 saturated heterocycles. The average molecular weight is 277 g/mol. The molecular formula is C15H20FN3O. The van der Waals surface area contributed by atoms with E-state index >= 15 is 0 Å². The molecular weight excluding hydrogens is 257 g/mol. The van der Waals surface area contributed by atoms with Crippen LogP contribution in [0.15, 0.2) is 24.4 Å². The number of aryl methyl sites for hydroxylation is 1. The first kappa shape index (κ1) is 14.4. The van der Waals surface area contributed by atoms with Gasteiger partial charge in [-0.15, -0.1) is 0 Å². The van der Waals surface area contributed by atoms with Crippen LogP contribution in [-0.4, -0.2) is 23.2 Å². The lowest BCUT2D eigenvalue weighted by molar-refractivity contribution is 0.409. The predicted molar refractivity (Wildman–Crippen MR) is 78.1 cm³/mol. The third kappa shape index (κ3) is 3.10. The Labute approximate surface area is 118 Å². The molecule has 4 nitrogen and oxygen atoms in total. The summed E-state index contributed by atoms with van der Waals surface area (Å²) < 4.78 is 20.4. The Kier molecular flexibility index (Phi) is 4.27. The molecule has 0 fully saturated rings. The SMILES string of the molecule is COc1cc(F)ccc1-n1cc(C)nc1NCC(C)C. The Morgan fingerprint density at radius 1 is 1.40 bits per heavy atom. The van der Waals surface area contributed by atoms with Crippen molar-refractivity contribution < 1.29 is 9.13 Å². The third-order valence-electron chi connectivity index (χ3n) is 2.90. The van der Waals surface area contributed by atoms with Crippen LogP contribution >= 0.6 is 0 Å². The quantitative estimate of drug-likeness (QED) is 0.910. The summed E-state index contributed by atoms with van der Waals surface area (Å²) in [6.45, 7) is 7.00. The zero-order valence-electron chi connectivity index (χ0n) is 12.3. The maximum atomic E-state index is 13.3. The summed E-state index contributed by atoms with van der Waals surface area (Å²) in [4.78, 5) is 4.46. The van der Waals surface area contributed by atoms with E-state index in [1.807, 2.05) is 17.7 Å². The standard InChI is InChI=1S/C15H20FN3O/c1-10(2)8-17-15-18-11(3)9-19(15)13-6-5-12(16)7-14(13)20-4/h5-7,9-10H,8H2,1-4H3,(H,17,18). The van der Waals surface area contributed by atoms with Gasteiger partial charge >= 0.3 is 0 Å². The van der Waals surface area contributed by atoms with Crippen molar-refractivity contribution in [3.8, 4) is 11.4 Å². The lowest BCUT2D eigenvalue weighted by Crippen LogP contribution is -2.12. The van der Waals surface area contributed by atoms with E-state index < -0.39 is 0 Å². The Morgan fingerprint density at radius 2 is 2.15 bits per heavy atom. The van der Waals surface area contributed by atoms with Crippen LogP contribution in [0.25, 0.3) is 5.69 Å². The molecule has 0 unspecified atom stereocenters. The van der Waals surface area contributed by atoms with E-state index in [2.05, 4.69) is 24.1 Å². The van der Waals surface area contributed by atoms with Crippen molar-refractivity contribution in [2.45, 2.75) is 20.8 Å². The number of hydrogen-bond acceptors (Lipinski definition) is 3. The molecule has 108 valence electrons. The summed E-state index contributed by atoms with van der Waals surface area (Å²) in [6, 6.07) is 4.48. The van der Waals surface area contributed by atoms with E-state index in [0.717, 1.165) is 23.9 Å². The minimum atomic E-state index is -0.320. The Hall–Kier alpha value is -2.04. The maximum absolute atomic E-state index is 13.3. The minimum Gasteiger partial charge on any atom is -0.494 e. The van der Waals surface area contributed by atoms with Gasteiger partial charge in [0.2, 0.25) is 5.95 Å². The molecule has 1 heterocycles. The molecule has 0 aliphatic heterocycles. The van der Waals surface area contributed by atoms with Crippen molar-refractivity contribution in [2.24, 2.45) is 5.92 Å². The molecule has 1 N–H and O–H groups in total. The molecule has 1 aromatic carbocycles. The van der Waals surface area contributed by atoms with Crippen molar-refractivity contribution >= 4 is 5.95 Å². The van der Waals surface area contributed by atoms with Crippen molar-refractivity contribution in [1.29, 1.82) is 0 Å². The smallest absolute Gasteiger partial charge is 0.207 e. The fourth-order valence-electron chi connectivity index (χ4n) is 1.95. The highest BCUT2D eigenvalue weighted by Gasteiger charge is 2.12. The van der Waals surface area contributed by atoms with E-state index in [-0.39, 0.29) is 5.82 Å². The summed E-state index contributed by atoms with van der Waals surface area (Å²) in [6.07, 6.45) is 1.90. The Balaban J connectivity index is 2.41. The van der Waals surface area contributed by atoms with Gasteiger partial charge in [0, 0.05) is 18.8 Å². The lowest BCUT2D eigenvalue weighted by Gasteiger charge is -2.14. The summed E-state index contributed by atoms with van der Waals surface area (Å²) in [5, 5.41) is 3.30. The Bertz CT molecular complexity index is 593. The van der Waals surface area contributed by atoms with Gasteiger partial charge in [0.25, 0.3) is 0 Å². The summed E-state index contributed by atoms with van der Waals surface area (Å²) in [7, 11) is 1.53. The molecule has 0 aliphatic rings. The highest BCUT2D eigenvalue weighted by molar-refractivity contribution is 5.52. The first-order chi connectivity index (χ1) is 9.51. The van der Waals surface area contributed by atoms with E-state index in [4.69, 9.17) is 4.74 Å². The molecule has 1 aromatic heterocycles. The zero-order valence-corrected chi connectivity index (χ0v) is 12.3. The first-order valence-electron chi connectivity index (χ1n) is 6.65. The van der Waals surface area contributed by atoms with Gasteiger partial charge in [0.1, 0.15) is 11.6 Å². The fourth-order valence-corrected chi connectivity index (χ4v) is 1.95. The average Bonchev–Trinajstić information content (AvgIpc) is 2.77. The largest absolute Gasteiger partial charge is 0.494 e. The van der Waals surface area contributed by atoms with Crippen LogP contribution in [0.4, 0.5) is 10.3 Å². The van der Waals surface area contributed by atoms with E-state index in [0.29, 0.717) is 11.7 Å². The van der Waals surface area contributed by atoms with Crippen molar-refractivity contribution in [2.75, 3.05) is 19.0 Å². The van der Waals surface area contributed by atoms with Crippen LogP contribution in [0.2, 0.25) is 0 Å². The van der Waals surface area contributed by atoms with Gasteiger partial charge in [-0.3, -0.25) is 4.57 Å². The molecule has 0 amide bonds. The second-order valence-corrected chi connectivity index (χ2v) is 5.17. The monoisotopic (exact) mass is 277 g/mol. The van der Waals surface area contributed by atoms with Crippen LogP contribution in [0, 0.1) is 18.7 Å². The van der Waals surface area contributed by atoms with Gasteiger partial charge in [0.15, 0.2) is 0 Å². The number of nitrogens with zero attached hydrogens (tertiary/aromatic N) is 2. The van der Waals surface area contributed by atoms with Gasteiger partial charge in [-0.2, -0.15) is 0 Å². The number of halogens is 1. The minimum absolute atomic E-state index is 0.320. The second kappa shape index (κ2) is 5.94. The number of aromatic nitrogens is 2. The summed E-state index contributed by atoms with van der Waals surface area (Å²) >= 11 is 0. The van der Waals surface area contributed by atoms with E-state index in [1.165, 1.54) is 19.2 Å². The number of hydrogen-bond donors (Lipinski definition) is 1. The van der Waals surface area contributed by atoms with Crippen LogP contribution in [0.3, 0.4) is 0 Å². The van der Waals surface area contributed by atoms with Gasteiger partial charge in [-0.1, -0.05) is 13.8 Å². The molecule has 20 heavy (non-hydrogen) atoms. The second-order valence-electron chi connectivity index (χ2n) is 5.17. The number of ether oxygens (including phenoxy) is 1. The van der Waals surface area contributed by atoms with Gasteiger partial charge in [-0.25, -0.2) is 9.37 Å². The third-order valence-corrected chi connectivity index (χ3v) is 2.90. The summed E-state index contributed by atoms with van der Waals surface area (Å²) in [5.41, 5.74) is 1.66.